The van der Waals surface area contributed by atoms with Gasteiger partial charge in [0.25, 0.3) is 0 Å². The molecule has 0 aliphatic carbocycles. The van der Waals surface area contributed by atoms with Gasteiger partial charge in [0, 0.05) is 42.0 Å². The van der Waals surface area contributed by atoms with Gasteiger partial charge in [0.05, 0.1) is 11.2 Å². The summed E-state index contributed by atoms with van der Waals surface area (Å²) >= 11 is 6.03. The fourth-order valence-electron chi connectivity index (χ4n) is 3.06. The van der Waals surface area contributed by atoms with E-state index in [1.165, 1.54) is 0 Å². The number of fused-ring (bicyclic) bond motifs is 1. The molecule has 1 aliphatic heterocycles. The van der Waals surface area contributed by atoms with E-state index in [0.717, 1.165) is 35.9 Å². The second-order valence-corrected chi connectivity index (χ2v) is 7.97. The lowest BCUT2D eigenvalue weighted by molar-refractivity contribution is 0.346. The van der Waals surface area contributed by atoms with Crippen LogP contribution in [0.15, 0.2) is 30.5 Å². The van der Waals surface area contributed by atoms with E-state index < -0.39 is 0 Å². The Labute approximate surface area is 162 Å². The zero-order valence-corrected chi connectivity index (χ0v) is 16.3. The van der Waals surface area contributed by atoms with Crippen LogP contribution in [0, 0.1) is 0 Å². The molecule has 0 radical (unpaired) electrons. The minimum absolute atomic E-state index is 0.180. The monoisotopic (exact) mass is 384 g/mol. The van der Waals surface area contributed by atoms with E-state index in [1.54, 1.807) is 0 Å². The normalized spacial score (nSPS) is 14.1. The Hall–Kier alpha value is -2.74. The van der Waals surface area contributed by atoms with E-state index in [-0.39, 0.29) is 5.54 Å². The molecule has 0 unspecified atom stereocenters. The number of hydrogen-bond donors (Lipinski definition) is 1. The fraction of sp³-hybridized carbons (Fsp3) is 0.389. The molecule has 1 aromatic carbocycles. The van der Waals surface area contributed by atoms with Crippen molar-refractivity contribution in [2.24, 2.45) is 0 Å². The first kappa shape index (κ1) is 17.7. The molecule has 27 heavy (non-hydrogen) atoms. The molecular formula is C18H21ClN8. The predicted octanol–water partition coefficient (Wildman–Crippen LogP) is 3.18. The van der Waals surface area contributed by atoms with Crippen LogP contribution >= 0.6 is 11.6 Å². The number of tetrazole rings is 1. The molecule has 0 fully saturated rings. The number of nitrogens with zero attached hydrogens (tertiary/aromatic N) is 7. The molecule has 2 aromatic heterocycles. The quantitative estimate of drug-likeness (QED) is 0.742. The van der Waals surface area contributed by atoms with Gasteiger partial charge in [0.2, 0.25) is 11.9 Å². The third-order valence-electron chi connectivity index (χ3n) is 4.39. The van der Waals surface area contributed by atoms with Gasteiger partial charge in [-0.1, -0.05) is 22.8 Å². The van der Waals surface area contributed by atoms with Gasteiger partial charge in [-0.2, -0.15) is 0 Å². The highest BCUT2D eigenvalue weighted by Gasteiger charge is 2.27. The Morgan fingerprint density at radius 1 is 1.22 bits per heavy atom. The summed E-state index contributed by atoms with van der Waals surface area (Å²) in [6, 6.07) is 7.50. The van der Waals surface area contributed by atoms with Gasteiger partial charge in [0.15, 0.2) is 0 Å². The molecular weight excluding hydrogens is 364 g/mol. The average molecular weight is 385 g/mol. The first-order chi connectivity index (χ1) is 12.9. The third-order valence-corrected chi connectivity index (χ3v) is 4.62. The molecule has 0 amide bonds. The summed E-state index contributed by atoms with van der Waals surface area (Å²) in [6.07, 6.45) is 2.67. The first-order valence-electron chi connectivity index (χ1n) is 8.81. The van der Waals surface area contributed by atoms with Crippen molar-refractivity contribution in [2.75, 3.05) is 16.8 Å². The number of hydrogen-bond acceptors (Lipinski definition) is 7. The Bertz CT molecular complexity index is 962. The second kappa shape index (κ2) is 6.77. The van der Waals surface area contributed by atoms with Crippen LogP contribution in [-0.2, 0) is 18.5 Å². The molecule has 9 heteroatoms. The van der Waals surface area contributed by atoms with Gasteiger partial charge in [-0.05, 0) is 49.4 Å². The van der Waals surface area contributed by atoms with Gasteiger partial charge in [-0.3, -0.25) is 0 Å². The minimum Gasteiger partial charge on any atom is -0.335 e. The SMILES string of the molecule is CC(C)(C)n1nnnc1N1CCc2nc(Nc3cccc(Cl)c3)ncc2C1. The Balaban J connectivity index is 1.54. The molecule has 1 N–H and O–H groups in total. The molecule has 140 valence electrons. The summed E-state index contributed by atoms with van der Waals surface area (Å²) in [5.41, 5.74) is 2.81. The Kier molecular flexibility index (Phi) is 4.43. The average Bonchev–Trinajstić information content (AvgIpc) is 3.11. The van der Waals surface area contributed by atoms with E-state index >= 15 is 0 Å². The van der Waals surface area contributed by atoms with Gasteiger partial charge in [-0.15, -0.1) is 0 Å². The van der Waals surface area contributed by atoms with Crippen molar-refractivity contribution in [3.63, 3.8) is 0 Å². The van der Waals surface area contributed by atoms with Crippen molar-refractivity contribution >= 4 is 29.2 Å². The van der Waals surface area contributed by atoms with Crippen LogP contribution in [0.2, 0.25) is 5.02 Å². The maximum absolute atomic E-state index is 6.03. The molecule has 0 spiro atoms. The largest absolute Gasteiger partial charge is 0.335 e. The van der Waals surface area contributed by atoms with Crippen LogP contribution in [0.4, 0.5) is 17.6 Å². The number of aromatic nitrogens is 6. The zero-order valence-electron chi connectivity index (χ0n) is 15.5. The number of halogens is 1. The number of nitrogens with one attached hydrogen (secondary N) is 1. The lowest BCUT2D eigenvalue weighted by Gasteiger charge is -2.31. The van der Waals surface area contributed by atoms with Crippen molar-refractivity contribution in [3.8, 4) is 0 Å². The van der Waals surface area contributed by atoms with E-state index in [1.807, 2.05) is 35.1 Å². The highest BCUT2D eigenvalue weighted by molar-refractivity contribution is 6.30. The molecule has 8 nitrogen and oxygen atoms in total. The molecule has 0 bridgehead atoms. The van der Waals surface area contributed by atoms with E-state index in [4.69, 9.17) is 11.6 Å². The van der Waals surface area contributed by atoms with Crippen molar-refractivity contribution in [1.29, 1.82) is 0 Å². The maximum atomic E-state index is 6.03. The summed E-state index contributed by atoms with van der Waals surface area (Å²) in [5, 5.41) is 16.1. The molecule has 3 heterocycles. The highest BCUT2D eigenvalue weighted by atomic mass is 35.5. The summed E-state index contributed by atoms with van der Waals surface area (Å²) in [6.45, 7) is 7.74. The number of anilines is 3. The predicted molar refractivity (Wildman–Crippen MR) is 104 cm³/mol. The van der Waals surface area contributed by atoms with E-state index in [9.17, 15) is 0 Å². The topological polar surface area (TPSA) is 84.7 Å². The zero-order chi connectivity index (χ0) is 19.0. The lowest BCUT2D eigenvalue weighted by Crippen LogP contribution is -2.36. The molecule has 4 rings (SSSR count). The fourth-order valence-corrected chi connectivity index (χ4v) is 3.25. The van der Waals surface area contributed by atoms with Crippen molar-refractivity contribution in [3.05, 3.63) is 46.7 Å². The standard InChI is InChI=1S/C18H21ClN8/c1-18(2,3)27-17(23-24-25-27)26-8-7-15-12(11-26)10-20-16(22-15)21-14-6-4-5-13(19)9-14/h4-6,9-10H,7-8,11H2,1-3H3,(H,20,21,22). The molecule has 0 atom stereocenters. The van der Waals surface area contributed by atoms with Crippen LogP contribution in [0.5, 0.6) is 0 Å². The lowest BCUT2D eigenvalue weighted by atomic mass is 10.1. The van der Waals surface area contributed by atoms with E-state index in [2.05, 4.69) is 56.5 Å². The number of benzene rings is 1. The molecule has 0 saturated heterocycles. The third kappa shape index (κ3) is 3.71. The highest BCUT2D eigenvalue weighted by Crippen LogP contribution is 2.26. The van der Waals surface area contributed by atoms with Gasteiger partial charge in [0.1, 0.15) is 0 Å². The van der Waals surface area contributed by atoms with Crippen molar-refractivity contribution < 1.29 is 0 Å². The van der Waals surface area contributed by atoms with Crippen LogP contribution in [0.1, 0.15) is 32.0 Å². The Morgan fingerprint density at radius 2 is 2.07 bits per heavy atom. The van der Waals surface area contributed by atoms with Crippen LogP contribution in [0.25, 0.3) is 0 Å². The van der Waals surface area contributed by atoms with Crippen molar-refractivity contribution in [1.82, 2.24) is 30.2 Å². The summed E-state index contributed by atoms with van der Waals surface area (Å²) < 4.78 is 1.86. The summed E-state index contributed by atoms with van der Waals surface area (Å²) in [7, 11) is 0. The first-order valence-corrected chi connectivity index (χ1v) is 9.19. The summed E-state index contributed by atoms with van der Waals surface area (Å²) in [5.74, 6) is 1.35. The smallest absolute Gasteiger partial charge is 0.246 e. The Morgan fingerprint density at radius 3 is 2.85 bits per heavy atom. The summed E-state index contributed by atoms with van der Waals surface area (Å²) in [4.78, 5) is 11.3. The minimum atomic E-state index is -0.180. The van der Waals surface area contributed by atoms with Gasteiger partial charge >= 0.3 is 0 Å². The second-order valence-electron chi connectivity index (χ2n) is 7.53. The number of rotatable bonds is 3. The van der Waals surface area contributed by atoms with E-state index in [0.29, 0.717) is 17.5 Å². The van der Waals surface area contributed by atoms with Gasteiger partial charge in [-0.25, -0.2) is 14.6 Å². The van der Waals surface area contributed by atoms with Crippen molar-refractivity contribution in [2.45, 2.75) is 39.3 Å². The van der Waals surface area contributed by atoms with Crippen LogP contribution in [-0.4, -0.2) is 36.7 Å². The molecule has 0 saturated carbocycles. The molecule has 3 aromatic rings. The maximum Gasteiger partial charge on any atom is 0.246 e. The van der Waals surface area contributed by atoms with Gasteiger partial charge < -0.3 is 10.2 Å². The van der Waals surface area contributed by atoms with Crippen LogP contribution in [0.3, 0.4) is 0 Å². The van der Waals surface area contributed by atoms with Crippen LogP contribution < -0.4 is 10.2 Å². The molecule has 1 aliphatic rings.